The maximum atomic E-state index is 11.5. The Morgan fingerprint density at radius 1 is 1.53 bits per heavy atom. The molecule has 86 valence electrons. The highest BCUT2D eigenvalue weighted by molar-refractivity contribution is 7.98. The van der Waals surface area contributed by atoms with Crippen LogP contribution in [-0.4, -0.2) is 37.2 Å². The van der Waals surface area contributed by atoms with Crippen molar-refractivity contribution in [2.24, 2.45) is 0 Å². The molecule has 0 bridgehead atoms. The van der Waals surface area contributed by atoms with E-state index in [1.54, 1.807) is 11.8 Å². The van der Waals surface area contributed by atoms with Crippen molar-refractivity contribution in [2.45, 2.75) is 10.8 Å². The summed E-state index contributed by atoms with van der Waals surface area (Å²) in [7, 11) is -3.51. The molecule has 0 saturated carbocycles. The lowest BCUT2D eigenvalue weighted by Gasteiger charge is -2.01. The van der Waals surface area contributed by atoms with E-state index in [9.17, 15) is 8.42 Å². The van der Waals surface area contributed by atoms with Gasteiger partial charge in [0.15, 0.2) is 0 Å². The van der Waals surface area contributed by atoms with Crippen molar-refractivity contribution in [3.05, 3.63) is 0 Å². The fraction of sp³-hybridized carbons (Fsp3) is 0.667. The third-order valence-electron chi connectivity index (χ3n) is 1.47. The first-order chi connectivity index (χ1) is 7.06. The van der Waals surface area contributed by atoms with E-state index >= 15 is 0 Å². The largest absolute Gasteiger partial charge is 0.374 e. The molecule has 0 fully saturated rings. The summed E-state index contributed by atoms with van der Waals surface area (Å²) in [5, 5.41) is 7.08. The van der Waals surface area contributed by atoms with Gasteiger partial charge in [-0.05, 0) is 18.4 Å². The van der Waals surface area contributed by atoms with Crippen LogP contribution in [0, 0.1) is 0 Å². The number of rotatable bonds is 6. The molecule has 0 saturated heterocycles. The molecule has 0 aliphatic rings. The van der Waals surface area contributed by atoms with Crippen molar-refractivity contribution in [3.63, 3.8) is 0 Å². The van der Waals surface area contributed by atoms with Crippen LogP contribution in [0.4, 0.5) is 5.13 Å². The normalized spacial score (nSPS) is 11.8. The quantitative estimate of drug-likeness (QED) is 0.713. The Balaban J connectivity index is 2.53. The van der Waals surface area contributed by atoms with Crippen molar-refractivity contribution in [2.75, 3.05) is 24.3 Å². The van der Waals surface area contributed by atoms with Crippen molar-refractivity contribution in [3.8, 4) is 0 Å². The average molecular weight is 268 g/mol. The van der Waals surface area contributed by atoms with E-state index < -0.39 is 10.0 Å². The van der Waals surface area contributed by atoms with Gasteiger partial charge in [0.1, 0.15) is 0 Å². The van der Waals surface area contributed by atoms with Gasteiger partial charge in [-0.3, -0.25) is 0 Å². The Morgan fingerprint density at radius 2 is 2.27 bits per heavy atom. The zero-order valence-electron chi connectivity index (χ0n) is 8.13. The molecule has 6 nitrogen and oxygen atoms in total. The van der Waals surface area contributed by atoms with E-state index in [1.807, 2.05) is 6.26 Å². The number of nitrogens with one attached hydrogen (secondary N) is 1. The second-order valence-corrected chi connectivity index (χ2v) is 6.59. The first kappa shape index (κ1) is 12.7. The summed E-state index contributed by atoms with van der Waals surface area (Å²) in [5.41, 5.74) is 5.30. The number of nitrogens with two attached hydrogens (primary N) is 1. The fourth-order valence-corrected chi connectivity index (χ4v) is 3.15. The van der Waals surface area contributed by atoms with Gasteiger partial charge in [-0.25, -0.2) is 13.1 Å². The van der Waals surface area contributed by atoms with E-state index in [2.05, 4.69) is 14.9 Å². The highest BCUT2D eigenvalue weighted by Crippen LogP contribution is 2.16. The van der Waals surface area contributed by atoms with Gasteiger partial charge >= 0.3 is 0 Å². The number of thioether (sulfide) groups is 1. The summed E-state index contributed by atoms with van der Waals surface area (Å²) < 4.78 is 25.4. The monoisotopic (exact) mass is 268 g/mol. The first-order valence-corrected chi connectivity index (χ1v) is 7.83. The Labute approximate surface area is 96.7 Å². The number of aromatic nitrogens is 2. The van der Waals surface area contributed by atoms with Crippen LogP contribution < -0.4 is 10.5 Å². The highest BCUT2D eigenvalue weighted by atomic mass is 32.2. The van der Waals surface area contributed by atoms with E-state index in [-0.39, 0.29) is 9.47 Å². The van der Waals surface area contributed by atoms with Crippen LogP contribution >= 0.6 is 23.1 Å². The Kier molecular flexibility index (Phi) is 4.77. The highest BCUT2D eigenvalue weighted by Gasteiger charge is 2.18. The average Bonchev–Trinajstić information content (AvgIpc) is 2.60. The van der Waals surface area contributed by atoms with Crippen molar-refractivity contribution in [1.29, 1.82) is 0 Å². The maximum absolute atomic E-state index is 11.5. The van der Waals surface area contributed by atoms with Gasteiger partial charge in [-0.2, -0.15) is 11.8 Å². The molecule has 15 heavy (non-hydrogen) atoms. The van der Waals surface area contributed by atoms with Gasteiger partial charge in [0.2, 0.25) is 9.47 Å². The molecule has 1 aromatic heterocycles. The molecular formula is C6H12N4O2S3. The van der Waals surface area contributed by atoms with Gasteiger partial charge in [-0.1, -0.05) is 11.3 Å². The van der Waals surface area contributed by atoms with Crippen LogP contribution in [0.15, 0.2) is 4.34 Å². The Bertz CT molecular complexity index is 402. The maximum Gasteiger partial charge on any atom is 0.269 e. The smallest absolute Gasteiger partial charge is 0.269 e. The zero-order valence-corrected chi connectivity index (χ0v) is 10.6. The van der Waals surface area contributed by atoms with E-state index in [1.165, 1.54) is 0 Å². The fourth-order valence-electron chi connectivity index (χ4n) is 0.814. The molecular weight excluding hydrogens is 256 g/mol. The molecule has 0 aliphatic carbocycles. The van der Waals surface area contributed by atoms with Crippen LogP contribution in [0.5, 0.6) is 0 Å². The van der Waals surface area contributed by atoms with Crippen LogP contribution in [-0.2, 0) is 10.0 Å². The number of nitrogens with zero attached hydrogens (tertiary/aromatic N) is 2. The SMILES string of the molecule is CSCCCNS(=O)(=O)c1nnc(N)s1. The van der Waals surface area contributed by atoms with Gasteiger partial charge < -0.3 is 5.73 Å². The third-order valence-corrected chi connectivity index (χ3v) is 4.75. The summed E-state index contributed by atoms with van der Waals surface area (Å²) in [4.78, 5) is 0. The number of anilines is 1. The van der Waals surface area contributed by atoms with E-state index in [0.717, 1.165) is 23.5 Å². The number of sulfonamides is 1. The molecule has 0 spiro atoms. The van der Waals surface area contributed by atoms with Crippen molar-refractivity contribution in [1.82, 2.24) is 14.9 Å². The second-order valence-electron chi connectivity index (χ2n) is 2.65. The Morgan fingerprint density at radius 3 is 2.80 bits per heavy atom. The summed E-state index contributed by atoms with van der Waals surface area (Å²) in [6, 6.07) is 0. The summed E-state index contributed by atoms with van der Waals surface area (Å²) in [6.45, 7) is 0.405. The van der Waals surface area contributed by atoms with Crippen LogP contribution in [0.25, 0.3) is 0 Å². The number of nitrogen functional groups attached to an aromatic ring is 1. The van der Waals surface area contributed by atoms with Gasteiger partial charge in [-0.15, -0.1) is 10.2 Å². The lowest BCUT2D eigenvalue weighted by Crippen LogP contribution is -2.25. The van der Waals surface area contributed by atoms with Crippen LogP contribution in [0.2, 0.25) is 0 Å². The molecule has 0 aliphatic heterocycles. The predicted octanol–water partition coefficient (Wildman–Crippen LogP) is 0.152. The number of hydrogen-bond donors (Lipinski definition) is 2. The minimum atomic E-state index is -3.51. The predicted molar refractivity (Wildman–Crippen MR) is 62.5 cm³/mol. The molecule has 3 N–H and O–H groups in total. The molecule has 0 unspecified atom stereocenters. The number of hydrogen-bond acceptors (Lipinski definition) is 7. The molecule has 9 heteroatoms. The minimum Gasteiger partial charge on any atom is -0.374 e. The molecule has 0 atom stereocenters. The molecule has 1 rings (SSSR count). The summed E-state index contributed by atoms with van der Waals surface area (Å²) >= 11 is 2.53. The molecule has 0 aromatic carbocycles. The zero-order chi connectivity index (χ0) is 11.3. The molecule has 0 amide bonds. The summed E-state index contributed by atoms with van der Waals surface area (Å²) in [6.07, 6.45) is 2.76. The van der Waals surface area contributed by atoms with E-state index in [4.69, 9.17) is 5.73 Å². The van der Waals surface area contributed by atoms with E-state index in [0.29, 0.717) is 6.54 Å². The van der Waals surface area contributed by atoms with Crippen molar-refractivity contribution < 1.29 is 8.42 Å². The van der Waals surface area contributed by atoms with Crippen LogP contribution in [0.1, 0.15) is 6.42 Å². The Hall–Kier alpha value is -0.380. The lowest BCUT2D eigenvalue weighted by atomic mass is 10.5. The molecule has 1 aromatic rings. The van der Waals surface area contributed by atoms with Gasteiger partial charge in [0.25, 0.3) is 10.0 Å². The molecule has 0 radical (unpaired) electrons. The minimum absolute atomic E-state index is 0.0795. The molecule has 1 heterocycles. The summed E-state index contributed by atoms with van der Waals surface area (Å²) in [5.74, 6) is 0.917. The first-order valence-electron chi connectivity index (χ1n) is 4.14. The van der Waals surface area contributed by atoms with Gasteiger partial charge in [0, 0.05) is 6.54 Å². The van der Waals surface area contributed by atoms with Crippen LogP contribution in [0.3, 0.4) is 0 Å². The van der Waals surface area contributed by atoms with Crippen molar-refractivity contribution >= 4 is 38.3 Å². The lowest BCUT2D eigenvalue weighted by molar-refractivity contribution is 0.579. The standard InChI is InChI=1S/C6H12N4O2S3/c1-13-4-2-3-8-15(11,12)6-10-9-5(7)14-6/h8H,2-4H2,1H3,(H2,7,9). The second kappa shape index (κ2) is 5.64. The van der Waals surface area contributed by atoms with Gasteiger partial charge in [0.05, 0.1) is 0 Å². The topological polar surface area (TPSA) is 98.0 Å². The third kappa shape index (κ3) is 3.93.